The van der Waals surface area contributed by atoms with Crippen LogP contribution in [0.15, 0.2) is 0 Å². The average Bonchev–Trinajstić information content (AvgIpc) is 2.55. The normalized spacial score (nSPS) is 12.0. The van der Waals surface area contributed by atoms with Gasteiger partial charge in [0.05, 0.1) is 0 Å². The van der Waals surface area contributed by atoms with Crippen LogP contribution in [0.2, 0.25) is 0 Å². The zero-order valence-corrected chi connectivity index (χ0v) is 16.8. The van der Waals surface area contributed by atoms with Gasteiger partial charge in [-0.2, -0.15) is 0 Å². The van der Waals surface area contributed by atoms with Gasteiger partial charge in [-0.1, -0.05) is 110 Å². The summed E-state index contributed by atoms with van der Waals surface area (Å²) in [4.78, 5) is 0. The third-order valence-corrected chi connectivity index (χ3v) is 5.11. The summed E-state index contributed by atoms with van der Waals surface area (Å²) in [6, 6.07) is 0. The number of hydrogen-bond donors (Lipinski definition) is 2. The summed E-state index contributed by atoms with van der Waals surface area (Å²) in [7, 11) is 0. The zero-order chi connectivity index (χ0) is 17.9. The van der Waals surface area contributed by atoms with Crippen molar-refractivity contribution in [3.05, 3.63) is 0 Å². The molecular formula is C22H46O2. The molecule has 0 aromatic rings. The third-order valence-electron chi connectivity index (χ3n) is 5.11. The molecule has 0 saturated heterocycles. The average molecular weight is 343 g/mol. The standard InChI is InChI=1S/C22H46O2/c1-3-5-7-8-9-10-11-12-13-14-15-16-17-19-21-22(23,24)20-18-6-4-2/h23-24H,3-21H2,1-2H3. The van der Waals surface area contributed by atoms with Crippen molar-refractivity contribution in [1.29, 1.82) is 0 Å². The molecule has 0 aromatic heterocycles. The SMILES string of the molecule is CCCCCCCCCCCCCCCCC(O)(O)CCCCC. The van der Waals surface area contributed by atoms with Crippen molar-refractivity contribution in [2.75, 3.05) is 0 Å². The highest BCUT2D eigenvalue weighted by Gasteiger charge is 2.21. The number of aliphatic hydroxyl groups is 2. The Kier molecular flexibility index (Phi) is 17.7. The van der Waals surface area contributed by atoms with Crippen LogP contribution in [0.3, 0.4) is 0 Å². The van der Waals surface area contributed by atoms with Gasteiger partial charge in [-0.25, -0.2) is 0 Å². The molecular weight excluding hydrogens is 296 g/mol. The highest BCUT2D eigenvalue weighted by molar-refractivity contribution is 4.64. The molecule has 0 rings (SSSR count). The van der Waals surface area contributed by atoms with Gasteiger partial charge in [0, 0.05) is 12.8 Å². The first-order valence-corrected chi connectivity index (χ1v) is 11.1. The van der Waals surface area contributed by atoms with Crippen LogP contribution in [0.1, 0.15) is 136 Å². The summed E-state index contributed by atoms with van der Waals surface area (Å²) in [6.45, 7) is 4.42. The molecule has 146 valence electrons. The second-order valence-corrected chi connectivity index (χ2v) is 7.79. The van der Waals surface area contributed by atoms with Crippen molar-refractivity contribution in [1.82, 2.24) is 0 Å². The van der Waals surface area contributed by atoms with Crippen molar-refractivity contribution in [2.45, 2.75) is 142 Å². The van der Waals surface area contributed by atoms with Gasteiger partial charge in [0.1, 0.15) is 0 Å². The van der Waals surface area contributed by atoms with Crippen molar-refractivity contribution in [3.8, 4) is 0 Å². The number of hydrogen-bond acceptors (Lipinski definition) is 2. The molecule has 0 bridgehead atoms. The molecule has 0 aromatic carbocycles. The molecule has 2 nitrogen and oxygen atoms in total. The van der Waals surface area contributed by atoms with Crippen LogP contribution in [0.25, 0.3) is 0 Å². The lowest BCUT2D eigenvalue weighted by Gasteiger charge is -2.21. The molecule has 0 spiro atoms. The Bertz CT molecular complexity index is 238. The molecule has 0 aliphatic rings. The van der Waals surface area contributed by atoms with E-state index in [1.54, 1.807) is 0 Å². The molecule has 0 aliphatic heterocycles. The van der Waals surface area contributed by atoms with E-state index in [0.29, 0.717) is 12.8 Å². The van der Waals surface area contributed by atoms with Crippen LogP contribution in [-0.2, 0) is 0 Å². The van der Waals surface area contributed by atoms with Crippen molar-refractivity contribution in [3.63, 3.8) is 0 Å². The quantitative estimate of drug-likeness (QED) is 0.194. The fourth-order valence-electron chi connectivity index (χ4n) is 3.39. The maximum Gasteiger partial charge on any atom is 0.162 e. The highest BCUT2D eigenvalue weighted by atomic mass is 16.5. The molecule has 0 saturated carbocycles. The van der Waals surface area contributed by atoms with Gasteiger partial charge in [-0.3, -0.25) is 0 Å². The van der Waals surface area contributed by atoms with E-state index >= 15 is 0 Å². The van der Waals surface area contributed by atoms with E-state index in [2.05, 4.69) is 13.8 Å². The van der Waals surface area contributed by atoms with E-state index in [1.807, 2.05) is 0 Å². The van der Waals surface area contributed by atoms with E-state index in [0.717, 1.165) is 32.1 Å². The zero-order valence-electron chi connectivity index (χ0n) is 16.8. The Morgan fingerprint density at radius 3 is 1.04 bits per heavy atom. The van der Waals surface area contributed by atoms with E-state index in [1.165, 1.54) is 77.0 Å². The van der Waals surface area contributed by atoms with Crippen molar-refractivity contribution in [2.24, 2.45) is 0 Å². The Labute approximate surface area is 152 Å². The lowest BCUT2D eigenvalue weighted by atomic mass is 10.00. The van der Waals surface area contributed by atoms with E-state index < -0.39 is 5.79 Å². The first-order valence-electron chi connectivity index (χ1n) is 11.1. The molecule has 24 heavy (non-hydrogen) atoms. The summed E-state index contributed by atoms with van der Waals surface area (Å²) in [6.07, 6.45) is 23.0. The van der Waals surface area contributed by atoms with Gasteiger partial charge in [-0.05, 0) is 12.8 Å². The summed E-state index contributed by atoms with van der Waals surface area (Å²) < 4.78 is 0. The largest absolute Gasteiger partial charge is 0.366 e. The molecule has 0 fully saturated rings. The molecule has 0 amide bonds. The Morgan fingerprint density at radius 1 is 0.417 bits per heavy atom. The van der Waals surface area contributed by atoms with Gasteiger partial charge in [0.15, 0.2) is 5.79 Å². The fourth-order valence-corrected chi connectivity index (χ4v) is 3.39. The maximum atomic E-state index is 9.89. The third kappa shape index (κ3) is 18.3. The van der Waals surface area contributed by atoms with Crippen LogP contribution in [0.5, 0.6) is 0 Å². The van der Waals surface area contributed by atoms with Gasteiger partial charge in [-0.15, -0.1) is 0 Å². The maximum absolute atomic E-state index is 9.89. The van der Waals surface area contributed by atoms with Crippen molar-refractivity contribution >= 4 is 0 Å². The van der Waals surface area contributed by atoms with Crippen LogP contribution in [0, 0.1) is 0 Å². The topological polar surface area (TPSA) is 40.5 Å². The lowest BCUT2D eigenvalue weighted by Crippen LogP contribution is -2.27. The number of rotatable bonds is 19. The molecule has 2 heteroatoms. The van der Waals surface area contributed by atoms with Crippen LogP contribution in [0.4, 0.5) is 0 Å². The van der Waals surface area contributed by atoms with E-state index in [-0.39, 0.29) is 0 Å². The summed E-state index contributed by atoms with van der Waals surface area (Å²) in [5, 5.41) is 19.8. The molecule has 0 unspecified atom stereocenters. The lowest BCUT2D eigenvalue weighted by molar-refractivity contribution is -0.172. The minimum atomic E-state index is -1.41. The van der Waals surface area contributed by atoms with Crippen molar-refractivity contribution < 1.29 is 10.2 Å². The smallest absolute Gasteiger partial charge is 0.162 e. The molecule has 0 heterocycles. The van der Waals surface area contributed by atoms with Crippen LogP contribution < -0.4 is 0 Å². The van der Waals surface area contributed by atoms with Crippen LogP contribution >= 0.6 is 0 Å². The Balaban J connectivity index is 3.19. The minimum Gasteiger partial charge on any atom is -0.366 e. The Hall–Kier alpha value is -0.0800. The molecule has 2 N–H and O–H groups in total. The Morgan fingerprint density at radius 2 is 0.667 bits per heavy atom. The first kappa shape index (κ1) is 23.9. The predicted molar refractivity (Wildman–Crippen MR) is 106 cm³/mol. The second kappa shape index (κ2) is 17.7. The van der Waals surface area contributed by atoms with E-state index in [9.17, 15) is 10.2 Å². The van der Waals surface area contributed by atoms with Gasteiger partial charge >= 0.3 is 0 Å². The highest BCUT2D eigenvalue weighted by Crippen LogP contribution is 2.20. The van der Waals surface area contributed by atoms with Gasteiger partial charge < -0.3 is 10.2 Å². The minimum absolute atomic E-state index is 0.541. The number of unbranched alkanes of at least 4 members (excludes halogenated alkanes) is 15. The summed E-state index contributed by atoms with van der Waals surface area (Å²) in [5.41, 5.74) is 0. The second-order valence-electron chi connectivity index (χ2n) is 7.79. The predicted octanol–water partition coefficient (Wildman–Crippen LogP) is 7.12. The monoisotopic (exact) mass is 342 g/mol. The van der Waals surface area contributed by atoms with Gasteiger partial charge in [0.2, 0.25) is 0 Å². The summed E-state index contributed by atoms with van der Waals surface area (Å²) >= 11 is 0. The fraction of sp³-hybridized carbons (Fsp3) is 1.00. The molecule has 0 radical (unpaired) electrons. The van der Waals surface area contributed by atoms with Crippen LogP contribution in [-0.4, -0.2) is 16.0 Å². The first-order chi connectivity index (χ1) is 11.6. The molecule has 0 aliphatic carbocycles. The summed E-state index contributed by atoms with van der Waals surface area (Å²) in [5.74, 6) is -1.41. The van der Waals surface area contributed by atoms with E-state index in [4.69, 9.17) is 0 Å². The molecule has 0 atom stereocenters. The van der Waals surface area contributed by atoms with Gasteiger partial charge in [0.25, 0.3) is 0 Å².